The number of piperidine rings is 1. The number of amides is 1. The van der Waals surface area contributed by atoms with Crippen LogP contribution in [-0.2, 0) is 11.2 Å². The minimum Gasteiger partial charge on any atom is -0.399 e. The molecule has 0 radical (unpaired) electrons. The van der Waals surface area contributed by atoms with Gasteiger partial charge >= 0.3 is 0 Å². The molecule has 0 aliphatic carbocycles. The number of imidazole rings is 1. The molecule has 1 aromatic heterocycles. The maximum atomic E-state index is 11.3. The third kappa shape index (κ3) is 2.24. The van der Waals surface area contributed by atoms with Crippen molar-refractivity contribution in [3.63, 3.8) is 0 Å². The third-order valence-electron chi connectivity index (χ3n) is 3.86. The van der Waals surface area contributed by atoms with E-state index in [1.165, 1.54) is 0 Å². The van der Waals surface area contributed by atoms with Crippen LogP contribution in [0.1, 0.15) is 38.1 Å². The van der Waals surface area contributed by atoms with Crippen molar-refractivity contribution in [2.45, 2.75) is 38.6 Å². The zero-order valence-corrected chi connectivity index (χ0v) is 11.7. The minimum atomic E-state index is 0.145. The first kappa shape index (κ1) is 13.0. The Bertz CT molecular complexity index is 637. The van der Waals surface area contributed by atoms with E-state index < -0.39 is 0 Å². The predicted molar refractivity (Wildman–Crippen MR) is 79.4 cm³/mol. The van der Waals surface area contributed by atoms with E-state index >= 15 is 0 Å². The molecule has 106 valence electrons. The first-order chi connectivity index (χ1) is 9.69. The molecule has 1 unspecified atom stereocenters. The third-order valence-corrected chi connectivity index (χ3v) is 3.86. The number of nitrogens with one attached hydrogen (secondary N) is 1. The lowest BCUT2D eigenvalue weighted by Crippen LogP contribution is -2.36. The molecule has 1 aliphatic rings. The molecule has 20 heavy (non-hydrogen) atoms. The Morgan fingerprint density at radius 2 is 2.35 bits per heavy atom. The molecule has 0 saturated carbocycles. The van der Waals surface area contributed by atoms with Gasteiger partial charge in [-0.05, 0) is 31.0 Å². The number of anilines is 1. The monoisotopic (exact) mass is 272 g/mol. The van der Waals surface area contributed by atoms with Crippen molar-refractivity contribution in [1.82, 2.24) is 14.9 Å². The van der Waals surface area contributed by atoms with Crippen molar-refractivity contribution >= 4 is 22.6 Å². The molecule has 1 amide bonds. The van der Waals surface area contributed by atoms with Gasteiger partial charge in [0.1, 0.15) is 5.82 Å². The largest absolute Gasteiger partial charge is 0.399 e. The molecule has 1 aromatic carbocycles. The second-order valence-corrected chi connectivity index (χ2v) is 5.39. The number of hydrogen-bond donors (Lipinski definition) is 2. The van der Waals surface area contributed by atoms with E-state index in [9.17, 15) is 4.79 Å². The Morgan fingerprint density at radius 3 is 3.05 bits per heavy atom. The topological polar surface area (TPSA) is 72.9 Å². The summed E-state index contributed by atoms with van der Waals surface area (Å²) < 4.78 is 2.29. The molecule has 2 aromatic rings. The fourth-order valence-corrected chi connectivity index (χ4v) is 2.91. The number of rotatable bonds is 3. The van der Waals surface area contributed by atoms with E-state index in [-0.39, 0.29) is 5.91 Å². The number of aryl methyl sites for hydroxylation is 1. The van der Waals surface area contributed by atoms with E-state index in [1.807, 2.05) is 18.2 Å². The van der Waals surface area contributed by atoms with Gasteiger partial charge in [0.2, 0.25) is 5.91 Å². The summed E-state index contributed by atoms with van der Waals surface area (Å²) in [5.74, 6) is 1.24. The molecular formula is C15H20N4O. The highest BCUT2D eigenvalue weighted by molar-refractivity contribution is 5.80. The summed E-state index contributed by atoms with van der Waals surface area (Å²) in [6, 6.07) is 6.17. The van der Waals surface area contributed by atoms with Gasteiger partial charge in [0.05, 0.1) is 17.1 Å². The number of nitrogens with two attached hydrogens (primary N) is 1. The summed E-state index contributed by atoms with van der Waals surface area (Å²) in [6.07, 6.45) is 3.46. The number of carbonyl (C=O) groups excluding carboxylic acids is 1. The van der Waals surface area contributed by atoms with Crippen LogP contribution in [0.2, 0.25) is 0 Å². The number of nitrogens with zero attached hydrogens (tertiary/aromatic N) is 2. The predicted octanol–water partition coefficient (Wildman–Crippen LogP) is 2.02. The van der Waals surface area contributed by atoms with Crippen LogP contribution >= 0.6 is 0 Å². The molecule has 5 nitrogen and oxygen atoms in total. The molecule has 2 heterocycles. The zero-order chi connectivity index (χ0) is 14.1. The smallest absolute Gasteiger partial charge is 0.220 e. The summed E-state index contributed by atoms with van der Waals surface area (Å²) in [5.41, 5.74) is 8.65. The molecule has 1 saturated heterocycles. The first-order valence-electron chi connectivity index (χ1n) is 7.22. The van der Waals surface area contributed by atoms with Crippen molar-refractivity contribution < 1.29 is 4.79 Å². The van der Waals surface area contributed by atoms with E-state index in [4.69, 9.17) is 10.7 Å². The van der Waals surface area contributed by atoms with Gasteiger partial charge in [0.15, 0.2) is 0 Å². The molecule has 5 heteroatoms. The van der Waals surface area contributed by atoms with Crippen LogP contribution < -0.4 is 11.1 Å². The van der Waals surface area contributed by atoms with Crippen molar-refractivity contribution in [2.24, 2.45) is 0 Å². The molecular weight excluding hydrogens is 252 g/mol. The number of carbonyl (C=O) groups is 1. The standard InChI is InChI=1S/C15H20N4O/c1-2-3-14-18-12-8-10(16)4-6-13(12)19(14)11-5-7-15(20)17-9-11/h4,6,8,11H,2-3,5,7,9,16H2,1H3,(H,17,20). The molecule has 3 N–H and O–H groups in total. The molecule has 3 rings (SSSR count). The van der Waals surface area contributed by atoms with Gasteiger partial charge in [0.25, 0.3) is 0 Å². The first-order valence-corrected chi connectivity index (χ1v) is 7.22. The highest BCUT2D eigenvalue weighted by atomic mass is 16.1. The number of aromatic nitrogens is 2. The van der Waals surface area contributed by atoms with Gasteiger partial charge in [-0.2, -0.15) is 0 Å². The summed E-state index contributed by atoms with van der Waals surface area (Å²) in [6.45, 7) is 2.84. The minimum absolute atomic E-state index is 0.145. The molecule has 1 atom stereocenters. The average Bonchev–Trinajstić information content (AvgIpc) is 2.77. The number of benzene rings is 1. The maximum absolute atomic E-state index is 11.3. The van der Waals surface area contributed by atoms with E-state index in [0.717, 1.165) is 41.8 Å². The summed E-state index contributed by atoms with van der Waals surface area (Å²) >= 11 is 0. The lowest BCUT2D eigenvalue weighted by molar-refractivity contribution is -0.122. The Morgan fingerprint density at radius 1 is 1.50 bits per heavy atom. The fourth-order valence-electron chi connectivity index (χ4n) is 2.91. The zero-order valence-electron chi connectivity index (χ0n) is 11.7. The summed E-state index contributed by atoms with van der Waals surface area (Å²) in [7, 11) is 0. The molecule has 0 bridgehead atoms. The van der Waals surface area contributed by atoms with Crippen LogP contribution in [0.3, 0.4) is 0 Å². The maximum Gasteiger partial charge on any atom is 0.220 e. The van der Waals surface area contributed by atoms with Crippen LogP contribution in [0.5, 0.6) is 0 Å². The summed E-state index contributed by atoms with van der Waals surface area (Å²) in [5, 5.41) is 2.95. The van der Waals surface area contributed by atoms with E-state index in [1.54, 1.807) is 0 Å². The lowest BCUT2D eigenvalue weighted by Gasteiger charge is -2.26. The highest BCUT2D eigenvalue weighted by Crippen LogP contribution is 2.27. The Hall–Kier alpha value is -2.04. The number of fused-ring (bicyclic) bond motifs is 1. The van der Waals surface area contributed by atoms with Gasteiger partial charge in [-0.3, -0.25) is 4.79 Å². The van der Waals surface area contributed by atoms with Gasteiger partial charge in [-0.15, -0.1) is 0 Å². The SMILES string of the molecule is CCCc1nc2cc(N)ccc2n1C1CCC(=O)NC1. The van der Waals surface area contributed by atoms with Crippen LogP contribution in [0.4, 0.5) is 5.69 Å². The normalized spacial score (nSPS) is 19.2. The average molecular weight is 272 g/mol. The second kappa shape index (κ2) is 5.15. The molecule has 0 spiro atoms. The van der Waals surface area contributed by atoms with E-state index in [2.05, 4.69) is 16.8 Å². The fraction of sp³-hybridized carbons (Fsp3) is 0.467. The number of hydrogen-bond acceptors (Lipinski definition) is 3. The van der Waals surface area contributed by atoms with Gasteiger partial charge in [0, 0.05) is 25.1 Å². The van der Waals surface area contributed by atoms with Crippen molar-refractivity contribution in [1.29, 1.82) is 0 Å². The lowest BCUT2D eigenvalue weighted by atomic mass is 10.1. The molecule has 1 aliphatic heterocycles. The van der Waals surface area contributed by atoms with Gasteiger partial charge in [-0.25, -0.2) is 4.98 Å². The second-order valence-electron chi connectivity index (χ2n) is 5.39. The number of nitrogen functional groups attached to an aromatic ring is 1. The Balaban J connectivity index is 2.06. The van der Waals surface area contributed by atoms with Crippen molar-refractivity contribution in [2.75, 3.05) is 12.3 Å². The van der Waals surface area contributed by atoms with Gasteiger partial charge in [-0.1, -0.05) is 6.92 Å². The quantitative estimate of drug-likeness (QED) is 0.840. The van der Waals surface area contributed by atoms with Crippen LogP contribution in [0.25, 0.3) is 11.0 Å². The Kier molecular flexibility index (Phi) is 3.34. The van der Waals surface area contributed by atoms with Gasteiger partial charge < -0.3 is 15.6 Å². The Labute approximate surface area is 118 Å². The van der Waals surface area contributed by atoms with Crippen LogP contribution in [0.15, 0.2) is 18.2 Å². The highest BCUT2D eigenvalue weighted by Gasteiger charge is 2.23. The van der Waals surface area contributed by atoms with E-state index in [0.29, 0.717) is 19.0 Å². The van der Waals surface area contributed by atoms with Crippen LogP contribution in [0, 0.1) is 0 Å². The molecule has 1 fully saturated rings. The van der Waals surface area contributed by atoms with Crippen molar-refractivity contribution in [3.05, 3.63) is 24.0 Å². The summed E-state index contributed by atoms with van der Waals surface area (Å²) in [4.78, 5) is 16.1. The van der Waals surface area contributed by atoms with Crippen molar-refractivity contribution in [3.8, 4) is 0 Å². The van der Waals surface area contributed by atoms with Crippen LogP contribution in [-0.4, -0.2) is 22.0 Å².